The fourth-order valence-corrected chi connectivity index (χ4v) is 18.8. The van der Waals surface area contributed by atoms with E-state index in [1.54, 1.807) is 101 Å². The minimum absolute atomic E-state index is 0.0852. The fraction of sp³-hybridized carbons (Fsp3) is 0.281. The molecular weight excluding hydrogens is 1950 g/mol. The van der Waals surface area contributed by atoms with E-state index in [1.165, 1.54) is 41.0 Å². The van der Waals surface area contributed by atoms with E-state index in [0.717, 1.165) is 9.13 Å². The summed E-state index contributed by atoms with van der Waals surface area (Å²) in [7, 11) is 0. The van der Waals surface area contributed by atoms with Gasteiger partial charge in [0.05, 0.1) is 105 Å². The van der Waals surface area contributed by atoms with Gasteiger partial charge in [-0.1, -0.05) is 142 Å². The van der Waals surface area contributed by atoms with Gasteiger partial charge >= 0.3 is 0 Å². The van der Waals surface area contributed by atoms with E-state index in [9.17, 15) is 68.7 Å². The van der Waals surface area contributed by atoms with Crippen LogP contribution in [0.3, 0.4) is 0 Å². The molecule has 12 aromatic rings. The molecule has 12 heterocycles. The summed E-state index contributed by atoms with van der Waals surface area (Å²) in [6, 6.07) is 13.9. The molecule has 0 radical (unpaired) electrons. The molecule has 3 aromatic carbocycles. The molecule has 138 heavy (non-hydrogen) atoms. The molecule has 3 N–H and O–H groups in total. The Morgan fingerprint density at radius 3 is 0.891 bits per heavy atom. The summed E-state index contributed by atoms with van der Waals surface area (Å²) in [5.74, 6) is -18.2. The van der Waals surface area contributed by atoms with Crippen molar-refractivity contribution in [3.63, 3.8) is 0 Å². The summed E-state index contributed by atoms with van der Waals surface area (Å²) in [4.78, 5) is 117. The molecule has 0 unspecified atom stereocenters. The van der Waals surface area contributed by atoms with Gasteiger partial charge in [-0.15, -0.1) is 0 Å². The molecule has 0 bridgehead atoms. The number of phenols is 3. The second-order valence-corrected chi connectivity index (χ2v) is 36.3. The minimum atomic E-state index is -1.76. The maximum Gasteiger partial charge on any atom is 0.276 e. The van der Waals surface area contributed by atoms with Crippen LogP contribution < -0.4 is 31.4 Å². The number of nitrogens with zero attached hydrogens (tertiary/aromatic N) is 18. The van der Waals surface area contributed by atoms with Crippen molar-refractivity contribution in [3.05, 3.63) is 256 Å². The Morgan fingerprint density at radius 2 is 0.652 bits per heavy atom. The molecule has 0 spiro atoms. The molecule has 9 aromatic heterocycles. The van der Waals surface area contributed by atoms with Crippen LogP contribution in [-0.2, 0) is 14.4 Å². The number of halogens is 15. The lowest BCUT2D eigenvalue weighted by Gasteiger charge is -2.41. The highest BCUT2D eigenvalue weighted by Crippen LogP contribution is 2.50. The molecule has 15 rings (SSSR count). The van der Waals surface area contributed by atoms with Crippen LogP contribution in [0.5, 0.6) is 17.2 Å². The molecule has 3 saturated heterocycles. The van der Waals surface area contributed by atoms with Crippen molar-refractivity contribution < 1.29 is 64.8 Å². The maximum atomic E-state index is 15.5. The Balaban J connectivity index is 0.000000175. The lowest BCUT2D eigenvalue weighted by molar-refractivity contribution is -0.129. The lowest BCUT2D eigenvalue weighted by atomic mass is 10.0. The van der Waals surface area contributed by atoms with Gasteiger partial charge in [0, 0.05) is 112 Å². The number of aromatic hydroxyl groups is 3. The minimum Gasteiger partial charge on any atom is -0.504 e. The number of phenolic OH excluding ortho intramolecular Hbond substituents is 3. The number of rotatable bonds is 15. The van der Waals surface area contributed by atoms with Crippen LogP contribution in [0.2, 0.25) is 35.2 Å². The Kier molecular flexibility index (Phi) is 29.8. The third kappa shape index (κ3) is 17.7. The third-order valence-corrected chi connectivity index (χ3v) is 26.3. The van der Waals surface area contributed by atoms with E-state index in [0.29, 0.717) is 39.5 Å². The number of aromatic nitrogens is 9. The molecule has 3 atom stereocenters. The topological polar surface area (TPSA) is 346 Å². The molecule has 27 nitrogen and oxygen atoms in total. The quantitative estimate of drug-likeness (QED) is 0.0371. The second-order valence-electron chi connectivity index (χ2n) is 33.6. The number of carbonyl (C=O) groups is 3. The van der Waals surface area contributed by atoms with Gasteiger partial charge in [-0.25, -0.2) is 50.1 Å². The van der Waals surface area contributed by atoms with Crippen LogP contribution in [0.15, 0.2) is 107 Å². The number of piperazine rings is 3. The Bertz CT molecular complexity index is 6790. The van der Waals surface area contributed by atoms with E-state index < -0.39 is 134 Å². The van der Waals surface area contributed by atoms with E-state index in [2.05, 4.69) is 49.6 Å². The normalized spacial score (nSPS) is 15.0. The number of nitriles is 3. The molecular formula is C96H81Cl7F8N18O9. The first-order chi connectivity index (χ1) is 65.2. The number of benzene rings is 3. The first-order valence-electron chi connectivity index (χ1n) is 42.4. The first-order valence-corrected chi connectivity index (χ1v) is 45.0. The molecule has 3 fully saturated rings. The van der Waals surface area contributed by atoms with Crippen LogP contribution in [0.25, 0.3) is 83.9 Å². The van der Waals surface area contributed by atoms with Crippen molar-refractivity contribution in [3.8, 4) is 86.3 Å². The molecule has 3 amide bonds. The fourth-order valence-electron chi connectivity index (χ4n) is 17.4. The SMILES string of the molecule is C=CC(=O)N1CCN(c2c(C#N)c(=O)n(-c3c(C)ccnc3C(C)C)c3nc(-c4c(F)c(O)c(Cl)c(Cl)c4F)c(Cl)cc23)C[C@H]1C.C=CC(=O)N1CCN(c2c(C#N)c(=O)n(-c3c(C)ccnc3C(C)C)c3nc(-c4c(F)c(O)c(Cl)c(F)c4F)c(Cl)cc23)C[C@H]1C.C=CC(=O)N1CCN(c2c(C#N)c(=O)n(-c3c(C)ccnc3C(C)C)c3nc(-c4c(F)c(O)c(Cl)c(F)c4F)c(Cl)cc23)C[C@H]1C. The number of hydrogen-bond donors (Lipinski definition) is 3. The smallest absolute Gasteiger partial charge is 0.276 e. The third-order valence-electron chi connectivity index (χ3n) is 24.0. The zero-order valence-electron chi connectivity index (χ0n) is 75.4. The van der Waals surface area contributed by atoms with E-state index in [1.807, 2.05) is 66.7 Å². The molecule has 3 aliphatic rings. The van der Waals surface area contributed by atoms with E-state index in [4.69, 9.17) is 81.2 Å². The number of amides is 3. The van der Waals surface area contributed by atoms with Crippen LogP contribution >= 0.6 is 81.2 Å². The van der Waals surface area contributed by atoms with Crippen molar-refractivity contribution in [2.75, 3.05) is 73.6 Å². The Labute approximate surface area is 817 Å². The number of aryl methyl sites for hydroxylation is 3. The predicted octanol–water partition coefficient (Wildman–Crippen LogP) is 19.7. The zero-order valence-corrected chi connectivity index (χ0v) is 80.7. The highest BCUT2D eigenvalue weighted by atomic mass is 35.5. The average molecular weight is 2030 g/mol. The summed E-state index contributed by atoms with van der Waals surface area (Å²) in [6.07, 6.45) is 8.33. The highest BCUT2D eigenvalue weighted by Gasteiger charge is 2.40. The van der Waals surface area contributed by atoms with E-state index in [-0.39, 0.29) is 206 Å². The maximum absolute atomic E-state index is 15.5. The summed E-state index contributed by atoms with van der Waals surface area (Å²) < 4.78 is 125. The summed E-state index contributed by atoms with van der Waals surface area (Å²) in [5.41, 5.74) is -3.67. The molecule has 0 aliphatic carbocycles. The first kappa shape index (κ1) is 102. The summed E-state index contributed by atoms with van der Waals surface area (Å²) in [5, 5.41) is 57.5. The zero-order chi connectivity index (χ0) is 101. The highest BCUT2D eigenvalue weighted by molar-refractivity contribution is 6.43. The molecule has 0 saturated carbocycles. The van der Waals surface area contributed by atoms with Gasteiger partial charge in [-0.3, -0.25) is 57.4 Å². The monoisotopic (exact) mass is 2030 g/mol. The number of pyridine rings is 9. The number of anilines is 3. The van der Waals surface area contributed by atoms with Crippen molar-refractivity contribution in [2.45, 2.75) is 119 Å². The van der Waals surface area contributed by atoms with Crippen molar-refractivity contribution in [2.24, 2.45) is 0 Å². The van der Waals surface area contributed by atoms with Crippen molar-refractivity contribution in [1.82, 2.24) is 58.3 Å². The van der Waals surface area contributed by atoms with Crippen LogP contribution in [0, 0.1) is 101 Å². The van der Waals surface area contributed by atoms with Gasteiger partial charge in [0.2, 0.25) is 17.7 Å². The van der Waals surface area contributed by atoms with Gasteiger partial charge in [0.1, 0.15) is 66.9 Å². The molecule has 714 valence electrons. The molecule has 42 heteroatoms. The van der Waals surface area contributed by atoms with Crippen molar-refractivity contribution >= 4 is 149 Å². The predicted molar refractivity (Wildman–Crippen MR) is 513 cm³/mol. The standard InChI is InChI=1S/C32H27Cl3F2N6O3.2C32H27Cl2F3N6O3/c1-6-20(44)42-10-9-41(13-16(42)5)29-17-11-19(33)27(21-24(36)22(34)23(35)30(45)25(21)37)40-31(17)43(32(46)18(29)12-38)28-15(4)7-8-39-26(28)14(2)3;2*1-6-20(44)42-10-9-41(13-16(42)5)29-17-11-19(33)27(21-23(35)25(37)22(34)30(45)24(21)36)40-31(17)43(32(46)18(29)12-38)28-15(4)7-8-39-26(28)14(2)3/h3*6-8,11,14,16,45H,1,9-10,13H2,2-5H3/t3*16-/m111/s1. The van der Waals surface area contributed by atoms with Gasteiger partial charge < -0.3 is 44.7 Å². The summed E-state index contributed by atoms with van der Waals surface area (Å²) >= 11 is 42.9. The van der Waals surface area contributed by atoms with Gasteiger partial charge in [0.15, 0.2) is 63.8 Å². The number of hydrogen-bond acceptors (Lipinski definition) is 21. The van der Waals surface area contributed by atoms with Gasteiger partial charge in [0.25, 0.3) is 16.7 Å². The van der Waals surface area contributed by atoms with Crippen molar-refractivity contribution in [1.29, 1.82) is 15.8 Å². The Hall–Kier alpha value is -13.4. The van der Waals surface area contributed by atoms with Crippen LogP contribution in [-0.4, -0.2) is 168 Å². The average Bonchev–Trinajstić information content (AvgIpc) is 0.726. The van der Waals surface area contributed by atoms with Crippen LogP contribution in [0.1, 0.15) is 131 Å². The molecule has 3 aliphatic heterocycles. The van der Waals surface area contributed by atoms with E-state index >= 15 is 26.3 Å². The number of carbonyl (C=O) groups excluding carboxylic acids is 3. The Morgan fingerprint density at radius 1 is 0.399 bits per heavy atom. The van der Waals surface area contributed by atoms with Gasteiger partial charge in [-0.05, 0) is 131 Å². The van der Waals surface area contributed by atoms with Crippen LogP contribution in [0.4, 0.5) is 52.2 Å². The summed E-state index contributed by atoms with van der Waals surface area (Å²) in [6.45, 7) is 34.5. The lowest BCUT2D eigenvalue weighted by Crippen LogP contribution is -2.54. The van der Waals surface area contributed by atoms with Gasteiger partial charge in [-0.2, -0.15) is 15.8 Å². The number of fused-ring (bicyclic) bond motifs is 3. The largest absolute Gasteiger partial charge is 0.504 e. The second kappa shape index (κ2) is 40.3.